The number of hydrogen-bond acceptors (Lipinski definition) is 4. The minimum absolute atomic E-state index is 0.0151. The molecule has 3 aliphatic rings. The Bertz CT molecular complexity index is 717. The highest BCUT2D eigenvalue weighted by Gasteiger charge is 2.48. The number of nitrogens with one attached hydrogen (secondary N) is 1. The van der Waals surface area contributed by atoms with Gasteiger partial charge in [-0.3, -0.25) is 4.79 Å². The number of rotatable bonds is 3. The van der Waals surface area contributed by atoms with E-state index in [0.29, 0.717) is 5.92 Å². The second-order valence-corrected chi connectivity index (χ2v) is 10.0. The molecule has 1 aromatic heterocycles. The third kappa shape index (κ3) is 2.94. The Kier molecular flexibility index (Phi) is 3.77. The van der Waals surface area contributed by atoms with Crippen molar-refractivity contribution in [2.24, 2.45) is 5.92 Å². The first-order valence-corrected chi connectivity index (χ1v) is 11.0. The van der Waals surface area contributed by atoms with Crippen molar-refractivity contribution >= 4 is 27.3 Å². The van der Waals surface area contributed by atoms with Gasteiger partial charge in [0.25, 0.3) is 5.91 Å². The summed E-state index contributed by atoms with van der Waals surface area (Å²) >= 11 is 1.64. The molecule has 0 unspecified atom stereocenters. The lowest BCUT2D eigenvalue weighted by Crippen LogP contribution is -2.51. The van der Waals surface area contributed by atoms with Gasteiger partial charge in [-0.15, -0.1) is 11.3 Å². The van der Waals surface area contributed by atoms with Gasteiger partial charge in [-0.25, -0.2) is 13.1 Å². The summed E-state index contributed by atoms with van der Waals surface area (Å²) in [5, 5.41) is 0. The largest absolute Gasteiger partial charge is 0.333 e. The number of nitrogens with zero attached hydrogens (tertiary/aromatic N) is 1. The molecule has 1 saturated carbocycles. The van der Waals surface area contributed by atoms with Crippen LogP contribution in [0.2, 0.25) is 0 Å². The van der Waals surface area contributed by atoms with Gasteiger partial charge >= 0.3 is 0 Å². The Morgan fingerprint density at radius 2 is 2.09 bits per heavy atom. The van der Waals surface area contributed by atoms with E-state index in [4.69, 9.17) is 0 Å². The third-order valence-electron chi connectivity index (χ3n) is 5.32. The van der Waals surface area contributed by atoms with Crippen LogP contribution in [0.25, 0.3) is 0 Å². The molecule has 2 fully saturated rings. The number of aryl methyl sites for hydroxylation is 2. The van der Waals surface area contributed by atoms with Gasteiger partial charge in [-0.05, 0) is 56.1 Å². The predicted octanol–water partition coefficient (Wildman–Crippen LogP) is 1.78. The fourth-order valence-electron chi connectivity index (χ4n) is 4.40. The Balaban J connectivity index is 1.54. The van der Waals surface area contributed by atoms with E-state index in [1.807, 2.05) is 4.90 Å². The van der Waals surface area contributed by atoms with Crippen LogP contribution < -0.4 is 4.72 Å². The number of fused-ring (bicyclic) bond motifs is 3. The Morgan fingerprint density at radius 3 is 2.78 bits per heavy atom. The summed E-state index contributed by atoms with van der Waals surface area (Å²) in [6.45, 7) is 0.772. The first-order chi connectivity index (χ1) is 10.9. The Morgan fingerprint density at radius 1 is 1.30 bits per heavy atom. The molecule has 1 N–H and O–H groups in total. The molecule has 5 nitrogen and oxygen atoms in total. The summed E-state index contributed by atoms with van der Waals surface area (Å²) in [5.74, 6) is 0.523. The number of carbonyl (C=O) groups excluding carboxylic acids is 1. The van der Waals surface area contributed by atoms with E-state index in [9.17, 15) is 13.2 Å². The molecule has 2 heterocycles. The monoisotopic (exact) mass is 354 g/mol. The van der Waals surface area contributed by atoms with Gasteiger partial charge in [0.2, 0.25) is 10.0 Å². The van der Waals surface area contributed by atoms with Gasteiger partial charge in [-0.1, -0.05) is 0 Å². The highest BCUT2D eigenvalue weighted by atomic mass is 32.2. The topological polar surface area (TPSA) is 66.5 Å². The van der Waals surface area contributed by atoms with Crippen molar-refractivity contribution in [1.82, 2.24) is 9.62 Å². The third-order valence-corrected chi connectivity index (χ3v) is 7.27. The normalized spacial score (nSPS) is 29.8. The molecule has 1 aliphatic heterocycles. The molecule has 1 aromatic rings. The van der Waals surface area contributed by atoms with Crippen LogP contribution in [-0.2, 0) is 22.9 Å². The van der Waals surface area contributed by atoms with Crippen LogP contribution in [0.3, 0.4) is 0 Å². The molecule has 4 rings (SSSR count). The van der Waals surface area contributed by atoms with E-state index in [1.54, 1.807) is 11.3 Å². The lowest BCUT2D eigenvalue weighted by molar-refractivity contribution is 0.0683. The van der Waals surface area contributed by atoms with Crippen molar-refractivity contribution < 1.29 is 13.2 Å². The van der Waals surface area contributed by atoms with Crippen molar-refractivity contribution in [2.45, 2.75) is 50.6 Å². The number of thiophene rings is 1. The van der Waals surface area contributed by atoms with E-state index in [1.165, 1.54) is 29.5 Å². The van der Waals surface area contributed by atoms with Crippen molar-refractivity contribution in [3.63, 3.8) is 0 Å². The molecule has 2 bridgehead atoms. The summed E-state index contributed by atoms with van der Waals surface area (Å²) in [6, 6.07) is 1.97. The van der Waals surface area contributed by atoms with Crippen LogP contribution >= 0.6 is 11.3 Å². The van der Waals surface area contributed by atoms with E-state index < -0.39 is 10.0 Å². The summed E-state index contributed by atoms with van der Waals surface area (Å²) in [7, 11) is -3.23. The summed E-state index contributed by atoms with van der Waals surface area (Å²) in [5.41, 5.74) is 1.35. The molecule has 0 aromatic carbocycles. The summed E-state index contributed by atoms with van der Waals surface area (Å²) in [6.07, 6.45) is 7.58. The molecule has 1 amide bonds. The van der Waals surface area contributed by atoms with Crippen LogP contribution in [0.1, 0.15) is 45.8 Å². The maximum Gasteiger partial charge on any atom is 0.264 e. The zero-order valence-corrected chi connectivity index (χ0v) is 14.9. The second-order valence-electron chi connectivity index (χ2n) is 7.12. The standard InChI is InChI=1S/C16H22N2O3S2/c1-23(20,21)17-12-6-10-7-13(12)18(9-10)16(19)15-8-11-4-2-3-5-14(11)22-15/h8,10,12-13,17H,2-7,9H2,1H3/t10-,12+,13-/m1/s1. The van der Waals surface area contributed by atoms with Crippen molar-refractivity contribution in [3.05, 3.63) is 21.4 Å². The zero-order chi connectivity index (χ0) is 16.2. The van der Waals surface area contributed by atoms with Crippen LogP contribution in [0, 0.1) is 5.92 Å². The molecule has 0 spiro atoms. The van der Waals surface area contributed by atoms with Gasteiger partial charge in [0.05, 0.1) is 11.1 Å². The van der Waals surface area contributed by atoms with Crippen LogP contribution in [0.4, 0.5) is 0 Å². The van der Waals surface area contributed by atoms with Crippen LogP contribution in [0.15, 0.2) is 6.07 Å². The van der Waals surface area contributed by atoms with Gasteiger partial charge in [-0.2, -0.15) is 0 Å². The number of hydrogen-bond donors (Lipinski definition) is 1. The van der Waals surface area contributed by atoms with Crippen molar-refractivity contribution in [2.75, 3.05) is 12.8 Å². The van der Waals surface area contributed by atoms with Gasteiger partial charge in [0.15, 0.2) is 0 Å². The highest BCUT2D eigenvalue weighted by molar-refractivity contribution is 7.88. The van der Waals surface area contributed by atoms with Gasteiger partial charge in [0, 0.05) is 23.5 Å². The Labute approximate surface area is 141 Å². The number of likely N-dealkylation sites (tertiary alicyclic amines) is 1. The lowest BCUT2D eigenvalue weighted by Gasteiger charge is -2.33. The quantitative estimate of drug-likeness (QED) is 0.900. The number of amides is 1. The zero-order valence-electron chi connectivity index (χ0n) is 13.2. The molecule has 126 valence electrons. The summed E-state index contributed by atoms with van der Waals surface area (Å²) < 4.78 is 25.8. The van der Waals surface area contributed by atoms with Gasteiger partial charge in [0.1, 0.15) is 0 Å². The molecule has 23 heavy (non-hydrogen) atoms. The van der Waals surface area contributed by atoms with E-state index in [-0.39, 0.29) is 18.0 Å². The fourth-order valence-corrected chi connectivity index (χ4v) is 6.41. The number of carbonyl (C=O) groups is 1. The average Bonchev–Trinajstić information content (AvgIpc) is 3.17. The van der Waals surface area contributed by atoms with Crippen molar-refractivity contribution in [3.8, 4) is 0 Å². The Hall–Kier alpha value is -0.920. The minimum atomic E-state index is -3.23. The van der Waals surface area contributed by atoms with Crippen molar-refractivity contribution in [1.29, 1.82) is 0 Å². The smallest absolute Gasteiger partial charge is 0.264 e. The maximum atomic E-state index is 12.9. The number of sulfonamides is 1. The maximum absolute atomic E-state index is 12.9. The lowest BCUT2D eigenvalue weighted by atomic mass is 9.99. The number of piperidine rings is 1. The van der Waals surface area contributed by atoms with E-state index in [0.717, 1.165) is 37.1 Å². The highest BCUT2D eigenvalue weighted by Crippen LogP contribution is 2.40. The fraction of sp³-hybridized carbons (Fsp3) is 0.688. The van der Waals surface area contributed by atoms with E-state index >= 15 is 0 Å². The predicted molar refractivity (Wildman–Crippen MR) is 90.3 cm³/mol. The van der Waals surface area contributed by atoms with Crippen LogP contribution in [0.5, 0.6) is 0 Å². The molecule has 7 heteroatoms. The second kappa shape index (κ2) is 5.57. The first-order valence-electron chi connectivity index (χ1n) is 8.30. The molecule has 0 radical (unpaired) electrons. The van der Waals surface area contributed by atoms with Crippen LogP contribution in [-0.4, -0.2) is 44.1 Å². The molecule has 2 aliphatic carbocycles. The SMILES string of the molecule is CS(=O)(=O)N[C@H]1C[C@@H]2C[C@H]1N(C(=O)c1cc3c(s1)CCCC3)C2. The molecular weight excluding hydrogens is 332 g/mol. The summed E-state index contributed by atoms with van der Waals surface area (Å²) in [4.78, 5) is 17.0. The molecule has 1 saturated heterocycles. The first kappa shape index (κ1) is 15.6. The minimum Gasteiger partial charge on any atom is -0.333 e. The van der Waals surface area contributed by atoms with E-state index in [2.05, 4.69) is 10.8 Å². The molecular formula is C16H22N2O3S2. The van der Waals surface area contributed by atoms with Gasteiger partial charge < -0.3 is 4.90 Å². The molecule has 3 atom stereocenters. The average molecular weight is 354 g/mol.